The zero-order valence-corrected chi connectivity index (χ0v) is 24.3. The summed E-state index contributed by atoms with van der Waals surface area (Å²) in [6.07, 6.45) is 8.10. The Kier molecular flexibility index (Phi) is 7.75. The van der Waals surface area contributed by atoms with Crippen molar-refractivity contribution in [3.05, 3.63) is 56.1 Å². The van der Waals surface area contributed by atoms with Crippen LogP contribution in [0.15, 0.2) is 17.8 Å². The highest BCUT2D eigenvalue weighted by Crippen LogP contribution is 2.48. The molecule has 2 aliphatic heterocycles. The normalized spacial score (nSPS) is 18.0. The van der Waals surface area contributed by atoms with Crippen molar-refractivity contribution >= 4 is 44.6 Å². The molecule has 2 N–H and O–H groups in total. The summed E-state index contributed by atoms with van der Waals surface area (Å²) in [7, 11) is 0. The highest BCUT2D eigenvalue weighted by Gasteiger charge is 2.32. The molecule has 0 aliphatic carbocycles. The molecule has 6 nitrogen and oxygen atoms in total. The molecular weight excluding hydrogens is 509 g/mol. The van der Waals surface area contributed by atoms with Crippen molar-refractivity contribution in [2.75, 3.05) is 17.2 Å². The lowest BCUT2D eigenvalue weighted by Gasteiger charge is -2.25. The molecule has 0 radical (unpaired) electrons. The lowest BCUT2D eigenvalue weighted by Crippen LogP contribution is -2.28. The zero-order valence-electron chi connectivity index (χ0n) is 23.4. The van der Waals surface area contributed by atoms with Crippen molar-refractivity contribution in [3.8, 4) is 6.07 Å². The first-order chi connectivity index (χ1) is 18.9. The van der Waals surface area contributed by atoms with Crippen molar-refractivity contribution in [3.63, 3.8) is 0 Å². The number of nitrogens with zero attached hydrogens (tertiary/aromatic N) is 4. The SMILES string of the molecule is C/C=C(/F)c1sc(N)c(C#N)c1/C(=C(\C)CC)c1c2c(c3cnc(N4CCCC4C)nc3c1CCC)COC2. The first kappa shape index (κ1) is 27.3. The van der Waals surface area contributed by atoms with E-state index in [1.165, 1.54) is 6.08 Å². The number of halogens is 1. The highest BCUT2D eigenvalue weighted by atomic mass is 32.1. The maximum Gasteiger partial charge on any atom is 0.226 e. The fraction of sp³-hybridized carbons (Fsp3) is 0.452. The van der Waals surface area contributed by atoms with Gasteiger partial charge >= 0.3 is 0 Å². The zero-order chi connectivity index (χ0) is 27.8. The van der Waals surface area contributed by atoms with Crippen molar-refractivity contribution in [1.82, 2.24) is 9.97 Å². The van der Waals surface area contributed by atoms with Crippen LogP contribution >= 0.6 is 11.3 Å². The number of benzene rings is 1. The number of allylic oxidation sites excluding steroid dienone is 2. The van der Waals surface area contributed by atoms with Crippen LogP contribution in [0.1, 0.15) is 98.6 Å². The number of nitriles is 1. The highest BCUT2D eigenvalue weighted by molar-refractivity contribution is 7.17. The first-order valence-electron chi connectivity index (χ1n) is 13.9. The van der Waals surface area contributed by atoms with Crippen LogP contribution < -0.4 is 10.6 Å². The number of rotatable bonds is 7. The molecule has 0 saturated carbocycles. The van der Waals surface area contributed by atoms with Gasteiger partial charge in [-0.2, -0.15) is 5.26 Å². The summed E-state index contributed by atoms with van der Waals surface area (Å²) in [5.74, 6) is 0.383. The van der Waals surface area contributed by atoms with E-state index >= 15 is 4.39 Å². The molecule has 0 amide bonds. The van der Waals surface area contributed by atoms with Crippen LogP contribution in [-0.2, 0) is 24.4 Å². The Hall–Kier alpha value is -3.28. The lowest BCUT2D eigenvalue weighted by atomic mass is 9.81. The quantitative estimate of drug-likeness (QED) is 0.328. The Morgan fingerprint density at radius 3 is 2.72 bits per heavy atom. The summed E-state index contributed by atoms with van der Waals surface area (Å²) in [5.41, 5.74) is 14.4. The fourth-order valence-corrected chi connectivity index (χ4v) is 7.00. The Bertz CT molecular complexity index is 1550. The Morgan fingerprint density at radius 1 is 1.31 bits per heavy atom. The standard InChI is InChI=1S/C31H36FN5OS/c1-6-10-19-26(25(17(4)7-2)27-20(13-33)30(34)39-29(27)24(32)8-3)23-16-38-15-22(23)21-14-35-31(36-28(19)21)37-12-9-11-18(37)5/h8,14,18H,6-7,9-12,15-16,34H2,1-5H3/b24-8+,25-17+. The Labute approximate surface area is 234 Å². The van der Waals surface area contributed by atoms with Crippen LogP contribution in [0, 0.1) is 11.3 Å². The molecule has 39 heavy (non-hydrogen) atoms. The maximum atomic E-state index is 15.4. The van der Waals surface area contributed by atoms with Gasteiger partial charge in [-0.1, -0.05) is 31.9 Å². The van der Waals surface area contributed by atoms with Gasteiger partial charge < -0.3 is 15.4 Å². The van der Waals surface area contributed by atoms with Gasteiger partial charge in [0, 0.05) is 29.7 Å². The summed E-state index contributed by atoms with van der Waals surface area (Å²) in [5, 5.41) is 11.5. The van der Waals surface area contributed by atoms with Crippen LogP contribution in [0.25, 0.3) is 22.3 Å². The third-order valence-corrected chi connectivity index (χ3v) is 9.16. The Morgan fingerprint density at radius 2 is 2.08 bits per heavy atom. The van der Waals surface area contributed by atoms with E-state index < -0.39 is 0 Å². The average Bonchev–Trinajstić information content (AvgIpc) is 3.68. The second kappa shape index (κ2) is 11.1. The molecule has 2 aliphatic rings. The van der Waals surface area contributed by atoms with Crippen LogP contribution in [-0.4, -0.2) is 22.6 Å². The molecule has 0 bridgehead atoms. The molecule has 1 unspecified atom stereocenters. The van der Waals surface area contributed by atoms with Crippen LogP contribution in [0.4, 0.5) is 15.3 Å². The molecule has 1 atom stereocenters. The van der Waals surface area contributed by atoms with Crippen LogP contribution in [0.3, 0.4) is 0 Å². The van der Waals surface area contributed by atoms with E-state index in [0.29, 0.717) is 40.3 Å². The average molecular weight is 546 g/mol. The minimum atomic E-state index is -0.372. The van der Waals surface area contributed by atoms with Gasteiger partial charge in [-0.3, -0.25) is 0 Å². The minimum Gasteiger partial charge on any atom is -0.389 e. The van der Waals surface area contributed by atoms with Crippen molar-refractivity contribution in [1.29, 1.82) is 5.26 Å². The van der Waals surface area contributed by atoms with Crippen LogP contribution in [0.2, 0.25) is 0 Å². The lowest BCUT2D eigenvalue weighted by molar-refractivity contribution is 0.135. The molecule has 8 heteroatoms. The predicted molar refractivity (Wildman–Crippen MR) is 158 cm³/mol. The second-order valence-corrected chi connectivity index (χ2v) is 11.5. The molecule has 1 fully saturated rings. The smallest absolute Gasteiger partial charge is 0.226 e. The van der Waals surface area contributed by atoms with Gasteiger partial charge in [0.05, 0.1) is 29.2 Å². The molecule has 3 aromatic rings. The summed E-state index contributed by atoms with van der Waals surface area (Å²) in [6.45, 7) is 12.1. The summed E-state index contributed by atoms with van der Waals surface area (Å²) < 4.78 is 21.4. The molecule has 204 valence electrons. The monoisotopic (exact) mass is 545 g/mol. The van der Waals surface area contributed by atoms with Gasteiger partial charge in [0.2, 0.25) is 5.95 Å². The summed E-state index contributed by atoms with van der Waals surface area (Å²) >= 11 is 1.14. The molecule has 1 saturated heterocycles. The molecule has 4 heterocycles. The molecule has 1 aromatic carbocycles. The molecule has 2 aromatic heterocycles. The predicted octanol–water partition coefficient (Wildman–Crippen LogP) is 7.68. The topological polar surface area (TPSA) is 88.1 Å². The minimum absolute atomic E-state index is 0.333. The molecule has 5 rings (SSSR count). The fourth-order valence-electron chi connectivity index (χ4n) is 6.01. The number of thiophene rings is 1. The van der Waals surface area contributed by atoms with Crippen LogP contribution in [0.5, 0.6) is 0 Å². The molecular formula is C31H36FN5OS. The third kappa shape index (κ3) is 4.52. The van der Waals surface area contributed by atoms with E-state index in [2.05, 4.69) is 38.7 Å². The number of hydrogen-bond acceptors (Lipinski definition) is 7. The number of nitrogens with two attached hydrogens (primary N) is 1. The van der Waals surface area contributed by atoms with E-state index in [1.54, 1.807) is 6.92 Å². The number of ether oxygens (including phenoxy) is 1. The van der Waals surface area contributed by atoms with E-state index in [-0.39, 0.29) is 5.83 Å². The van der Waals surface area contributed by atoms with E-state index in [1.807, 2.05) is 6.20 Å². The van der Waals surface area contributed by atoms with Gasteiger partial charge in [0.15, 0.2) is 0 Å². The third-order valence-electron chi connectivity index (χ3n) is 8.13. The summed E-state index contributed by atoms with van der Waals surface area (Å²) in [6, 6.07) is 2.69. The van der Waals surface area contributed by atoms with Crippen molar-refractivity contribution in [2.24, 2.45) is 0 Å². The number of fused-ring (bicyclic) bond motifs is 3. The van der Waals surface area contributed by atoms with Gasteiger partial charge in [-0.15, -0.1) is 11.3 Å². The van der Waals surface area contributed by atoms with Crippen molar-refractivity contribution in [2.45, 2.75) is 86.0 Å². The molecule has 0 spiro atoms. The second-order valence-electron chi connectivity index (χ2n) is 10.5. The van der Waals surface area contributed by atoms with Gasteiger partial charge in [0.25, 0.3) is 0 Å². The number of aromatic nitrogens is 2. The van der Waals surface area contributed by atoms with E-state index in [4.69, 9.17) is 20.4 Å². The maximum absolute atomic E-state index is 15.4. The van der Waals surface area contributed by atoms with Gasteiger partial charge in [-0.05, 0) is 74.3 Å². The number of hydrogen-bond donors (Lipinski definition) is 1. The van der Waals surface area contributed by atoms with E-state index in [9.17, 15) is 5.26 Å². The summed E-state index contributed by atoms with van der Waals surface area (Å²) in [4.78, 5) is 12.7. The largest absolute Gasteiger partial charge is 0.389 e. The number of aryl methyl sites for hydroxylation is 1. The first-order valence-corrected chi connectivity index (χ1v) is 14.7. The number of anilines is 2. The van der Waals surface area contributed by atoms with Gasteiger partial charge in [0.1, 0.15) is 16.9 Å². The van der Waals surface area contributed by atoms with E-state index in [0.717, 1.165) is 100 Å². The van der Waals surface area contributed by atoms with Gasteiger partial charge in [-0.25, -0.2) is 14.4 Å². The van der Waals surface area contributed by atoms with Crippen molar-refractivity contribution < 1.29 is 9.13 Å². The Balaban J connectivity index is 1.91. The number of nitrogen functional groups attached to an aromatic ring is 1.